The Labute approximate surface area is 132 Å². The first-order valence-corrected chi connectivity index (χ1v) is 7.70. The molecule has 5 heteroatoms. The molecule has 0 heterocycles. The molecular formula is C17H27N3O2. The number of carbonyl (C=O) groups excluding carboxylic acids is 2. The Kier molecular flexibility index (Phi) is 7.05. The van der Waals surface area contributed by atoms with E-state index in [9.17, 15) is 9.59 Å². The second-order valence-electron chi connectivity index (χ2n) is 6.55. The Balaban J connectivity index is 2.61. The van der Waals surface area contributed by atoms with Gasteiger partial charge < -0.3 is 16.4 Å². The lowest BCUT2D eigenvalue weighted by molar-refractivity contribution is -0.116. The number of hydrogen-bond acceptors (Lipinski definition) is 3. The molecule has 0 atom stereocenters. The van der Waals surface area contributed by atoms with E-state index < -0.39 is 0 Å². The van der Waals surface area contributed by atoms with Gasteiger partial charge in [0.2, 0.25) is 5.91 Å². The van der Waals surface area contributed by atoms with Crippen molar-refractivity contribution in [1.29, 1.82) is 0 Å². The molecule has 0 unspecified atom stereocenters. The van der Waals surface area contributed by atoms with Crippen LogP contribution >= 0.6 is 0 Å². The highest BCUT2D eigenvalue weighted by Crippen LogP contribution is 2.22. The van der Waals surface area contributed by atoms with Crippen LogP contribution in [0.4, 0.5) is 5.69 Å². The number of amides is 2. The van der Waals surface area contributed by atoms with Gasteiger partial charge in [-0.15, -0.1) is 0 Å². The number of hydrogen-bond donors (Lipinski definition) is 3. The Morgan fingerprint density at radius 3 is 2.50 bits per heavy atom. The van der Waals surface area contributed by atoms with Gasteiger partial charge in [-0.25, -0.2) is 0 Å². The number of benzene rings is 1. The molecule has 2 amide bonds. The third kappa shape index (κ3) is 6.72. The zero-order valence-corrected chi connectivity index (χ0v) is 13.7. The molecule has 1 aromatic carbocycles. The Morgan fingerprint density at radius 1 is 1.18 bits per heavy atom. The summed E-state index contributed by atoms with van der Waals surface area (Å²) in [5.41, 5.74) is 6.60. The largest absolute Gasteiger partial charge is 0.351 e. The molecule has 0 bridgehead atoms. The van der Waals surface area contributed by atoms with E-state index in [-0.39, 0.29) is 17.2 Å². The summed E-state index contributed by atoms with van der Waals surface area (Å²) in [4.78, 5) is 24.1. The highest BCUT2D eigenvalue weighted by molar-refractivity contribution is 6.03. The highest BCUT2D eigenvalue weighted by atomic mass is 16.2. The minimum absolute atomic E-state index is 0.0664. The van der Waals surface area contributed by atoms with E-state index in [0.29, 0.717) is 30.8 Å². The van der Waals surface area contributed by atoms with Crippen LogP contribution in [0.5, 0.6) is 0 Å². The van der Waals surface area contributed by atoms with Crippen molar-refractivity contribution in [2.24, 2.45) is 11.1 Å². The van der Waals surface area contributed by atoms with Crippen LogP contribution in [0.15, 0.2) is 24.3 Å². The fourth-order valence-electron chi connectivity index (χ4n) is 2.06. The van der Waals surface area contributed by atoms with E-state index >= 15 is 0 Å². The molecule has 0 aliphatic carbocycles. The molecule has 1 rings (SSSR count). The smallest absolute Gasteiger partial charge is 0.253 e. The van der Waals surface area contributed by atoms with Crippen LogP contribution in [0.25, 0.3) is 0 Å². The quantitative estimate of drug-likeness (QED) is 0.723. The van der Waals surface area contributed by atoms with E-state index in [1.54, 1.807) is 24.3 Å². The van der Waals surface area contributed by atoms with Crippen LogP contribution < -0.4 is 16.4 Å². The zero-order chi connectivity index (χ0) is 16.6. The molecule has 5 nitrogen and oxygen atoms in total. The van der Waals surface area contributed by atoms with E-state index in [0.717, 1.165) is 12.8 Å². The number of nitrogens with two attached hydrogens (primary N) is 1. The molecule has 0 radical (unpaired) electrons. The van der Waals surface area contributed by atoms with Crippen LogP contribution in [-0.4, -0.2) is 24.9 Å². The van der Waals surface area contributed by atoms with Gasteiger partial charge in [-0.1, -0.05) is 32.9 Å². The highest BCUT2D eigenvalue weighted by Gasteiger charge is 2.14. The van der Waals surface area contributed by atoms with Crippen molar-refractivity contribution in [3.63, 3.8) is 0 Å². The third-order valence-electron chi connectivity index (χ3n) is 3.21. The van der Waals surface area contributed by atoms with Crippen LogP contribution in [0.2, 0.25) is 0 Å². The van der Waals surface area contributed by atoms with E-state index in [1.807, 2.05) is 0 Å². The summed E-state index contributed by atoms with van der Waals surface area (Å²) in [5, 5.41) is 5.53. The normalized spacial score (nSPS) is 11.1. The molecule has 0 aromatic heterocycles. The monoisotopic (exact) mass is 305 g/mol. The summed E-state index contributed by atoms with van der Waals surface area (Å²) in [7, 11) is 0. The predicted octanol–water partition coefficient (Wildman–Crippen LogP) is 2.53. The topological polar surface area (TPSA) is 84.2 Å². The fraction of sp³-hybridized carbons (Fsp3) is 0.529. The van der Waals surface area contributed by atoms with Crippen LogP contribution in [0.3, 0.4) is 0 Å². The molecule has 0 fully saturated rings. The van der Waals surface area contributed by atoms with E-state index in [4.69, 9.17) is 5.73 Å². The van der Waals surface area contributed by atoms with E-state index in [1.165, 1.54) is 0 Å². The first-order chi connectivity index (χ1) is 10.3. The fourth-order valence-corrected chi connectivity index (χ4v) is 2.06. The molecule has 22 heavy (non-hydrogen) atoms. The summed E-state index contributed by atoms with van der Waals surface area (Å²) < 4.78 is 0. The third-order valence-corrected chi connectivity index (χ3v) is 3.21. The predicted molar refractivity (Wildman–Crippen MR) is 89.8 cm³/mol. The molecular weight excluding hydrogens is 278 g/mol. The van der Waals surface area contributed by atoms with Crippen LogP contribution in [-0.2, 0) is 4.79 Å². The molecule has 4 N–H and O–H groups in total. The molecule has 0 aliphatic rings. The molecule has 122 valence electrons. The van der Waals surface area contributed by atoms with Crippen molar-refractivity contribution in [2.75, 3.05) is 18.4 Å². The standard InChI is InChI=1S/C17H27N3O2/c1-17(2,3)10-6-9-15(21)20-14-8-5-4-7-13(14)16(22)19-12-11-18/h4-5,7-8H,6,9-12,18H2,1-3H3,(H,19,22)(H,20,21). The maximum atomic E-state index is 12.0. The van der Waals surface area contributed by atoms with Crippen LogP contribution in [0.1, 0.15) is 50.4 Å². The van der Waals surface area contributed by atoms with Gasteiger partial charge in [0.15, 0.2) is 0 Å². The van der Waals surface area contributed by atoms with Gasteiger partial charge in [-0.3, -0.25) is 9.59 Å². The van der Waals surface area contributed by atoms with Crippen molar-refractivity contribution >= 4 is 17.5 Å². The lowest BCUT2D eigenvalue weighted by Crippen LogP contribution is -2.30. The van der Waals surface area contributed by atoms with Gasteiger partial charge in [-0.05, 0) is 30.4 Å². The molecule has 0 saturated carbocycles. The van der Waals surface area contributed by atoms with Gasteiger partial charge in [0.05, 0.1) is 11.3 Å². The molecule has 0 saturated heterocycles. The zero-order valence-electron chi connectivity index (χ0n) is 13.7. The molecule has 0 aliphatic heterocycles. The average molecular weight is 305 g/mol. The first kappa shape index (κ1) is 18.2. The van der Waals surface area contributed by atoms with E-state index in [2.05, 4.69) is 31.4 Å². The van der Waals surface area contributed by atoms with Gasteiger partial charge >= 0.3 is 0 Å². The lowest BCUT2D eigenvalue weighted by Gasteiger charge is -2.17. The Morgan fingerprint density at radius 2 is 1.86 bits per heavy atom. The summed E-state index contributed by atoms with van der Waals surface area (Å²) >= 11 is 0. The molecule has 1 aromatic rings. The first-order valence-electron chi connectivity index (χ1n) is 7.70. The second-order valence-corrected chi connectivity index (χ2v) is 6.55. The van der Waals surface area contributed by atoms with Crippen molar-refractivity contribution < 1.29 is 9.59 Å². The van der Waals surface area contributed by atoms with Crippen molar-refractivity contribution in [2.45, 2.75) is 40.0 Å². The number of carbonyl (C=O) groups is 2. The minimum atomic E-state index is -0.226. The number of para-hydroxylation sites is 1. The van der Waals surface area contributed by atoms with Crippen molar-refractivity contribution in [1.82, 2.24) is 5.32 Å². The van der Waals surface area contributed by atoms with Crippen molar-refractivity contribution in [3.05, 3.63) is 29.8 Å². The summed E-state index contributed by atoms with van der Waals surface area (Å²) in [6, 6.07) is 6.99. The van der Waals surface area contributed by atoms with Crippen molar-refractivity contribution in [3.8, 4) is 0 Å². The SMILES string of the molecule is CC(C)(C)CCCC(=O)Nc1ccccc1C(=O)NCCN. The minimum Gasteiger partial charge on any atom is -0.351 e. The average Bonchev–Trinajstić information content (AvgIpc) is 2.44. The number of rotatable bonds is 7. The Hall–Kier alpha value is -1.88. The number of anilines is 1. The molecule has 0 spiro atoms. The Bertz CT molecular complexity index is 507. The lowest BCUT2D eigenvalue weighted by atomic mass is 9.90. The van der Waals surface area contributed by atoms with Gasteiger partial charge in [0.1, 0.15) is 0 Å². The number of nitrogens with one attached hydrogen (secondary N) is 2. The summed E-state index contributed by atoms with van der Waals surface area (Å²) in [5.74, 6) is -0.292. The second kappa shape index (κ2) is 8.54. The van der Waals surface area contributed by atoms with Gasteiger partial charge in [0, 0.05) is 19.5 Å². The summed E-state index contributed by atoms with van der Waals surface area (Å²) in [6.07, 6.45) is 2.27. The maximum Gasteiger partial charge on any atom is 0.253 e. The maximum absolute atomic E-state index is 12.0. The summed E-state index contributed by atoms with van der Waals surface area (Å²) in [6.45, 7) is 7.26. The van der Waals surface area contributed by atoms with Crippen LogP contribution in [0, 0.1) is 5.41 Å². The van der Waals surface area contributed by atoms with Gasteiger partial charge in [-0.2, -0.15) is 0 Å². The van der Waals surface area contributed by atoms with Gasteiger partial charge in [0.25, 0.3) is 5.91 Å².